The molecule has 2 aromatic heterocycles. The van der Waals surface area contributed by atoms with E-state index in [1.807, 2.05) is 0 Å². The first-order chi connectivity index (χ1) is 11.2. The molecule has 23 heavy (non-hydrogen) atoms. The molecule has 0 saturated carbocycles. The maximum Gasteiger partial charge on any atom is 0.194 e. The number of rotatable bonds is 3. The van der Waals surface area contributed by atoms with Gasteiger partial charge in [-0.3, -0.25) is 4.40 Å². The third-order valence-corrected chi connectivity index (χ3v) is 5.84. The third kappa shape index (κ3) is 2.93. The molecule has 120 valence electrons. The number of nitrogens with one attached hydrogen (secondary N) is 1. The van der Waals surface area contributed by atoms with Gasteiger partial charge in [-0.25, -0.2) is 4.98 Å². The van der Waals surface area contributed by atoms with Gasteiger partial charge in [-0.05, 0) is 25.7 Å². The van der Waals surface area contributed by atoms with E-state index in [0.29, 0.717) is 0 Å². The van der Waals surface area contributed by atoms with Gasteiger partial charge in [0.1, 0.15) is 12.2 Å². The number of benzene rings is 1. The minimum Gasteiger partial charge on any atom is -0.330 e. The van der Waals surface area contributed by atoms with Crippen LogP contribution < -0.4 is 4.90 Å². The molecule has 0 spiro atoms. The number of piperidine rings is 1. The monoisotopic (exact) mass is 326 g/mol. The van der Waals surface area contributed by atoms with Crippen molar-refractivity contribution in [2.75, 3.05) is 13.1 Å². The Balaban J connectivity index is 1.70. The van der Waals surface area contributed by atoms with Gasteiger partial charge in [0.15, 0.2) is 4.96 Å². The smallest absolute Gasteiger partial charge is 0.194 e. The minimum atomic E-state index is 0.891. The zero-order chi connectivity index (χ0) is 15.8. The molecule has 1 aliphatic heterocycles. The largest absolute Gasteiger partial charge is 0.330 e. The number of quaternary nitrogens is 1. The molecule has 1 N–H and O–H groups in total. The molecule has 3 heterocycles. The van der Waals surface area contributed by atoms with Crippen molar-refractivity contribution in [3.63, 3.8) is 0 Å². The Kier molecular flexibility index (Phi) is 3.95. The molecule has 1 saturated heterocycles. The fraction of sp³-hybridized carbons (Fsp3) is 0.421. The van der Waals surface area contributed by atoms with Crippen LogP contribution in [-0.2, 0) is 6.54 Å². The van der Waals surface area contributed by atoms with E-state index in [0.717, 1.165) is 17.4 Å². The van der Waals surface area contributed by atoms with E-state index in [9.17, 15) is 0 Å². The summed E-state index contributed by atoms with van der Waals surface area (Å²) in [4.78, 5) is 7.73. The van der Waals surface area contributed by atoms with E-state index >= 15 is 0 Å². The second kappa shape index (κ2) is 6.10. The number of hydrogen-bond acceptors (Lipinski definition) is 2. The van der Waals surface area contributed by atoms with Crippen molar-refractivity contribution in [2.45, 2.75) is 33.2 Å². The van der Waals surface area contributed by atoms with Crippen molar-refractivity contribution in [3.05, 3.63) is 47.1 Å². The van der Waals surface area contributed by atoms with E-state index in [1.54, 1.807) is 16.2 Å². The first-order valence-corrected chi connectivity index (χ1v) is 9.43. The van der Waals surface area contributed by atoms with Crippen molar-refractivity contribution >= 4 is 16.3 Å². The van der Waals surface area contributed by atoms with Gasteiger partial charge in [0.2, 0.25) is 0 Å². The molecule has 4 rings (SSSR count). The molecule has 0 aliphatic carbocycles. The van der Waals surface area contributed by atoms with Crippen LogP contribution in [0.4, 0.5) is 0 Å². The topological polar surface area (TPSA) is 21.7 Å². The van der Waals surface area contributed by atoms with Gasteiger partial charge in [0.25, 0.3) is 0 Å². The van der Waals surface area contributed by atoms with Crippen molar-refractivity contribution in [1.29, 1.82) is 0 Å². The summed E-state index contributed by atoms with van der Waals surface area (Å²) >= 11 is 1.73. The summed E-state index contributed by atoms with van der Waals surface area (Å²) in [7, 11) is 0. The standard InChI is InChI=1S/C19H23N3S/c1-14-3-5-16(6-4-14)18-17(22-11-12-23-19(22)20-18)13-21-9-7-15(2)8-10-21/h3-6,11-12,15H,7-10,13H2,1-2H3/p+1. The Labute approximate surface area is 141 Å². The van der Waals surface area contributed by atoms with Crippen LogP contribution >= 0.6 is 11.3 Å². The molecule has 1 aromatic carbocycles. The lowest BCUT2D eigenvalue weighted by atomic mass is 9.99. The highest BCUT2D eigenvalue weighted by Gasteiger charge is 2.23. The lowest BCUT2D eigenvalue weighted by molar-refractivity contribution is -0.920. The van der Waals surface area contributed by atoms with Crippen LogP contribution in [-0.4, -0.2) is 22.5 Å². The zero-order valence-corrected chi connectivity index (χ0v) is 14.7. The molecule has 0 amide bonds. The van der Waals surface area contributed by atoms with Crippen molar-refractivity contribution in [1.82, 2.24) is 9.38 Å². The fourth-order valence-corrected chi connectivity index (χ4v) is 4.26. The highest BCUT2D eigenvalue weighted by Crippen LogP contribution is 2.26. The Morgan fingerprint density at radius 1 is 1.22 bits per heavy atom. The predicted octanol–water partition coefficient (Wildman–Crippen LogP) is 3.19. The van der Waals surface area contributed by atoms with Gasteiger partial charge in [0, 0.05) is 17.1 Å². The minimum absolute atomic E-state index is 0.891. The first-order valence-electron chi connectivity index (χ1n) is 8.56. The Bertz CT molecular complexity index is 792. The Hall–Kier alpha value is -1.65. The Morgan fingerprint density at radius 2 is 1.96 bits per heavy atom. The SMILES string of the molecule is Cc1ccc(-c2nc3sccn3c2C[NH+]2CCC(C)CC2)cc1. The van der Waals surface area contributed by atoms with Crippen LogP contribution in [0.25, 0.3) is 16.2 Å². The van der Waals surface area contributed by atoms with Crippen LogP contribution in [0.5, 0.6) is 0 Å². The number of nitrogens with zero attached hydrogens (tertiary/aromatic N) is 2. The maximum atomic E-state index is 4.92. The van der Waals surface area contributed by atoms with Gasteiger partial charge in [0.05, 0.1) is 18.8 Å². The number of thiazole rings is 1. The molecular formula is C19H24N3S+. The molecule has 4 heteroatoms. The summed E-state index contributed by atoms with van der Waals surface area (Å²) in [5, 5.41) is 2.14. The predicted molar refractivity (Wildman–Crippen MR) is 96.0 cm³/mol. The molecule has 3 aromatic rings. The lowest BCUT2D eigenvalue weighted by Gasteiger charge is -2.27. The number of imidazole rings is 1. The Morgan fingerprint density at radius 3 is 2.70 bits per heavy atom. The summed E-state index contributed by atoms with van der Waals surface area (Å²) < 4.78 is 2.30. The van der Waals surface area contributed by atoms with Gasteiger partial charge in [-0.2, -0.15) is 0 Å². The normalized spacial score (nSPS) is 21.8. The number of aromatic nitrogens is 2. The van der Waals surface area contributed by atoms with E-state index in [-0.39, 0.29) is 0 Å². The van der Waals surface area contributed by atoms with Crippen LogP contribution in [0.1, 0.15) is 31.0 Å². The van der Waals surface area contributed by atoms with Crippen molar-refractivity contribution < 1.29 is 4.90 Å². The molecule has 0 atom stereocenters. The molecule has 1 fully saturated rings. The number of hydrogen-bond donors (Lipinski definition) is 1. The highest BCUT2D eigenvalue weighted by atomic mass is 32.1. The number of aryl methyl sites for hydroxylation is 1. The van der Waals surface area contributed by atoms with E-state index < -0.39 is 0 Å². The molecule has 0 unspecified atom stereocenters. The average Bonchev–Trinajstić information content (AvgIpc) is 3.13. The summed E-state index contributed by atoms with van der Waals surface area (Å²) in [5.41, 5.74) is 5.08. The fourth-order valence-electron chi connectivity index (χ4n) is 3.53. The van der Waals surface area contributed by atoms with Gasteiger partial charge in [-0.1, -0.05) is 36.8 Å². The third-order valence-electron chi connectivity index (χ3n) is 5.08. The van der Waals surface area contributed by atoms with E-state index in [2.05, 4.69) is 54.1 Å². The first kappa shape index (κ1) is 14.9. The second-order valence-electron chi connectivity index (χ2n) is 6.94. The van der Waals surface area contributed by atoms with Crippen molar-refractivity contribution in [3.8, 4) is 11.3 Å². The summed E-state index contributed by atoms with van der Waals surface area (Å²) in [6.07, 6.45) is 4.87. The maximum absolute atomic E-state index is 4.92. The van der Waals surface area contributed by atoms with Gasteiger partial charge in [-0.15, -0.1) is 11.3 Å². The van der Waals surface area contributed by atoms with Crippen LogP contribution in [0.2, 0.25) is 0 Å². The van der Waals surface area contributed by atoms with Gasteiger partial charge < -0.3 is 4.90 Å². The highest BCUT2D eigenvalue weighted by molar-refractivity contribution is 7.15. The molecular weight excluding hydrogens is 302 g/mol. The molecule has 3 nitrogen and oxygen atoms in total. The quantitative estimate of drug-likeness (QED) is 0.784. The second-order valence-corrected chi connectivity index (χ2v) is 7.81. The van der Waals surface area contributed by atoms with Crippen LogP contribution in [0, 0.1) is 12.8 Å². The lowest BCUT2D eigenvalue weighted by Crippen LogP contribution is -3.11. The summed E-state index contributed by atoms with van der Waals surface area (Å²) in [6.45, 7) is 8.16. The van der Waals surface area contributed by atoms with Crippen LogP contribution in [0.3, 0.4) is 0 Å². The number of fused-ring (bicyclic) bond motifs is 1. The van der Waals surface area contributed by atoms with E-state index in [1.165, 1.54) is 48.4 Å². The van der Waals surface area contributed by atoms with Gasteiger partial charge >= 0.3 is 0 Å². The molecule has 0 radical (unpaired) electrons. The summed E-state index contributed by atoms with van der Waals surface area (Å²) in [6, 6.07) is 8.78. The van der Waals surface area contributed by atoms with Crippen LogP contribution in [0.15, 0.2) is 35.8 Å². The molecule has 1 aliphatic rings. The van der Waals surface area contributed by atoms with E-state index in [4.69, 9.17) is 4.98 Å². The average molecular weight is 326 g/mol. The van der Waals surface area contributed by atoms with Crippen molar-refractivity contribution in [2.24, 2.45) is 5.92 Å². The zero-order valence-electron chi connectivity index (χ0n) is 13.9. The number of likely N-dealkylation sites (tertiary alicyclic amines) is 1. The summed E-state index contributed by atoms with van der Waals surface area (Å²) in [5.74, 6) is 0.891. The molecule has 0 bridgehead atoms.